The highest BCUT2D eigenvalue weighted by atomic mass is 79.9. The molecule has 6 heteroatoms. The van der Waals surface area contributed by atoms with Crippen LogP contribution >= 0.6 is 15.9 Å². The molecule has 2 saturated carbocycles. The zero-order valence-electron chi connectivity index (χ0n) is 14.3. The fourth-order valence-corrected chi connectivity index (χ4v) is 5.52. The molecule has 3 amide bonds. The van der Waals surface area contributed by atoms with Crippen LogP contribution in [0, 0.1) is 35.5 Å². The Morgan fingerprint density at radius 1 is 1.08 bits per heavy atom. The van der Waals surface area contributed by atoms with Crippen LogP contribution in [0.4, 0.5) is 5.69 Å². The van der Waals surface area contributed by atoms with Gasteiger partial charge in [-0.3, -0.25) is 19.3 Å². The number of carbonyl (C=O) groups is 3. The lowest BCUT2D eigenvalue weighted by Gasteiger charge is -2.37. The Morgan fingerprint density at radius 3 is 2.15 bits per heavy atom. The van der Waals surface area contributed by atoms with Gasteiger partial charge in [-0.2, -0.15) is 0 Å². The average Bonchev–Trinajstić information content (AvgIpc) is 3.41. The number of anilines is 1. The van der Waals surface area contributed by atoms with Crippen molar-refractivity contribution in [1.29, 1.82) is 0 Å². The van der Waals surface area contributed by atoms with Crippen LogP contribution in [-0.4, -0.2) is 28.7 Å². The van der Waals surface area contributed by atoms with Crippen LogP contribution in [0.3, 0.4) is 0 Å². The van der Waals surface area contributed by atoms with Crippen molar-refractivity contribution in [2.75, 3.05) is 5.32 Å². The molecular weight excluding hydrogens is 396 g/mol. The molecular formula is C20H19BrN2O3. The van der Waals surface area contributed by atoms with E-state index in [1.807, 2.05) is 12.1 Å². The topological polar surface area (TPSA) is 66.5 Å². The van der Waals surface area contributed by atoms with Crippen molar-refractivity contribution in [1.82, 2.24) is 4.90 Å². The summed E-state index contributed by atoms with van der Waals surface area (Å²) in [5.74, 6) is 0.305. The van der Waals surface area contributed by atoms with Crippen molar-refractivity contribution < 1.29 is 14.4 Å². The summed E-state index contributed by atoms with van der Waals surface area (Å²) in [6.45, 7) is 1.64. The van der Waals surface area contributed by atoms with E-state index in [9.17, 15) is 14.4 Å². The second kappa shape index (κ2) is 5.52. The zero-order chi connectivity index (χ0) is 18.2. The first-order valence-corrected chi connectivity index (χ1v) is 9.88. The lowest BCUT2D eigenvalue weighted by Crippen LogP contribution is -2.46. The Kier molecular flexibility index (Phi) is 3.45. The summed E-state index contributed by atoms with van der Waals surface area (Å²) in [5, 5.41) is 2.80. The molecule has 0 aromatic heterocycles. The van der Waals surface area contributed by atoms with E-state index in [1.54, 1.807) is 19.1 Å². The lowest BCUT2D eigenvalue weighted by molar-refractivity contribution is -0.146. The predicted molar refractivity (Wildman–Crippen MR) is 98.8 cm³/mol. The molecule has 4 aliphatic carbocycles. The Labute approximate surface area is 159 Å². The molecule has 2 bridgehead atoms. The normalized spacial score (nSPS) is 37.4. The SMILES string of the molecule is C[C@H](C(=O)Nc1ccc(Br)cc1)N1C(=O)[C@@H]2[C@@H]3C=C[C@H]([C@H]4C[C@H]34)[C@@H]2C1=O. The molecule has 0 unspecified atom stereocenters. The largest absolute Gasteiger partial charge is 0.324 e. The average molecular weight is 415 g/mol. The standard InChI is InChI=1S/C20H19BrN2O3/c1-9(18(24)22-11-4-2-10(21)3-5-11)23-19(25)16-12-6-7-13(15-8-14(12)15)17(16)20(23)26/h2-7,9,12-17H,8H2,1H3,(H,22,24)/t9-,12-,13-,14-,15-,16-,17+/m1/s1. The highest BCUT2D eigenvalue weighted by Gasteiger charge is 2.67. The molecule has 7 atom stereocenters. The molecule has 0 radical (unpaired) electrons. The van der Waals surface area contributed by atoms with Gasteiger partial charge in [0.1, 0.15) is 6.04 Å². The third kappa shape index (κ3) is 2.17. The number of rotatable bonds is 3. The van der Waals surface area contributed by atoms with E-state index in [-0.39, 0.29) is 41.4 Å². The van der Waals surface area contributed by atoms with E-state index in [0.717, 1.165) is 10.9 Å². The molecule has 1 aromatic rings. The first-order valence-electron chi connectivity index (χ1n) is 9.09. The zero-order valence-corrected chi connectivity index (χ0v) is 15.8. The highest BCUT2D eigenvalue weighted by molar-refractivity contribution is 9.10. The van der Waals surface area contributed by atoms with Crippen molar-refractivity contribution in [3.63, 3.8) is 0 Å². The van der Waals surface area contributed by atoms with Crippen molar-refractivity contribution in [3.8, 4) is 0 Å². The third-order valence-corrected chi connectivity index (χ3v) is 7.10. The first-order chi connectivity index (χ1) is 12.5. The van der Waals surface area contributed by atoms with E-state index in [0.29, 0.717) is 17.5 Å². The monoisotopic (exact) mass is 414 g/mol. The minimum Gasteiger partial charge on any atom is -0.324 e. The molecule has 1 aromatic carbocycles. The lowest BCUT2D eigenvalue weighted by atomic mass is 9.63. The summed E-state index contributed by atoms with van der Waals surface area (Å²) < 4.78 is 0.916. The van der Waals surface area contributed by atoms with Crippen LogP contribution in [-0.2, 0) is 14.4 Å². The van der Waals surface area contributed by atoms with Gasteiger partial charge in [-0.25, -0.2) is 0 Å². The maximum Gasteiger partial charge on any atom is 0.247 e. The summed E-state index contributed by atoms with van der Waals surface area (Å²) in [6.07, 6.45) is 5.41. The van der Waals surface area contributed by atoms with Crippen LogP contribution in [0.5, 0.6) is 0 Å². The minimum atomic E-state index is -0.806. The van der Waals surface area contributed by atoms with Crippen LogP contribution < -0.4 is 5.32 Å². The Bertz CT molecular complexity index is 813. The number of benzene rings is 1. The maximum absolute atomic E-state index is 13.0. The molecule has 1 heterocycles. The van der Waals surface area contributed by atoms with Crippen molar-refractivity contribution in [2.45, 2.75) is 19.4 Å². The van der Waals surface area contributed by atoms with Gasteiger partial charge in [-0.05, 0) is 61.3 Å². The van der Waals surface area contributed by atoms with Crippen LogP contribution in [0.1, 0.15) is 13.3 Å². The molecule has 0 spiro atoms. The molecule has 1 aliphatic heterocycles. The van der Waals surface area contributed by atoms with Gasteiger partial charge in [0.05, 0.1) is 11.8 Å². The van der Waals surface area contributed by atoms with Crippen LogP contribution in [0.15, 0.2) is 40.9 Å². The molecule has 3 fully saturated rings. The van der Waals surface area contributed by atoms with Gasteiger partial charge in [-0.1, -0.05) is 28.1 Å². The Balaban J connectivity index is 1.37. The van der Waals surface area contributed by atoms with E-state index >= 15 is 0 Å². The number of likely N-dealkylation sites (tertiary alicyclic amines) is 1. The molecule has 5 aliphatic rings. The highest BCUT2D eigenvalue weighted by Crippen LogP contribution is 2.65. The number of amides is 3. The smallest absolute Gasteiger partial charge is 0.247 e. The molecule has 6 rings (SSSR count). The predicted octanol–water partition coefficient (Wildman–Crippen LogP) is 2.83. The van der Waals surface area contributed by atoms with Gasteiger partial charge >= 0.3 is 0 Å². The van der Waals surface area contributed by atoms with E-state index in [1.165, 1.54) is 4.90 Å². The van der Waals surface area contributed by atoms with Crippen LogP contribution in [0.2, 0.25) is 0 Å². The summed E-state index contributed by atoms with van der Waals surface area (Å²) in [7, 11) is 0. The number of carbonyl (C=O) groups excluding carboxylic acids is 3. The fraction of sp³-hybridized carbons (Fsp3) is 0.450. The van der Waals surface area contributed by atoms with Gasteiger partial charge in [0.2, 0.25) is 17.7 Å². The molecule has 5 nitrogen and oxygen atoms in total. The van der Waals surface area contributed by atoms with Crippen LogP contribution in [0.25, 0.3) is 0 Å². The number of halogens is 1. The third-order valence-electron chi connectivity index (χ3n) is 6.58. The van der Waals surface area contributed by atoms with Gasteiger partial charge < -0.3 is 5.32 Å². The van der Waals surface area contributed by atoms with E-state index < -0.39 is 6.04 Å². The minimum absolute atomic E-state index is 0.164. The molecule has 26 heavy (non-hydrogen) atoms. The number of hydrogen-bond acceptors (Lipinski definition) is 3. The summed E-state index contributed by atoms with van der Waals surface area (Å²) in [4.78, 5) is 39.9. The van der Waals surface area contributed by atoms with Gasteiger partial charge in [-0.15, -0.1) is 0 Å². The van der Waals surface area contributed by atoms with Gasteiger partial charge in [0.15, 0.2) is 0 Å². The number of hydrogen-bond donors (Lipinski definition) is 1. The number of nitrogens with one attached hydrogen (secondary N) is 1. The fourth-order valence-electron chi connectivity index (χ4n) is 5.26. The first kappa shape index (κ1) is 16.2. The van der Waals surface area contributed by atoms with E-state index in [2.05, 4.69) is 33.4 Å². The maximum atomic E-state index is 13.0. The van der Waals surface area contributed by atoms with Crippen molar-refractivity contribution in [3.05, 3.63) is 40.9 Å². The Hall–Kier alpha value is -1.95. The van der Waals surface area contributed by atoms with Gasteiger partial charge in [0.25, 0.3) is 0 Å². The summed E-state index contributed by atoms with van der Waals surface area (Å²) in [6, 6.07) is 6.41. The quantitative estimate of drug-likeness (QED) is 0.610. The van der Waals surface area contributed by atoms with Crippen molar-refractivity contribution in [2.24, 2.45) is 35.5 Å². The van der Waals surface area contributed by atoms with Crippen molar-refractivity contribution >= 4 is 39.3 Å². The molecule has 1 N–H and O–H groups in total. The van der Waals surface area contributed by atoms with E-state index in [4.69, 9.17) is 0 Å². The Morgan fingerprint density at radius 2 is 1.62 bits per heavy atom. The summed E-state index contributed by atoms with van der Waals surface area (Å²) >= 11 is 3.35. The molecule has 1 saturated heterocycles. The molecule has 134 valence electrons. The second-order valence-corrected chi connectivity index (χ2v) is 8.79. The summed E-state index contributed by atoms with van der Waals surface area (Å²) in [5.41, 5.74) is 0.643. The second-order valence-electron chi connectivity index (χ2n) is 7.87. The number of nitrogens with zero attached hydrogens (tertiary/aromatic N) is 1. The number of allylic oxidation sites excluding steroid dienone is 2. The number of imide groups is 1. The van der Waals surface area contributed by atoms with Gasteiger partial charge in [0, 0.05) is 10.2 Å².